The molecule has 4 aliphatic rings. The van der Waals surface area contributed by atoms with E-state index in [1.165, 1.54) is 38.5 Å². The Morgan fingerprint density at radius 2 is 1.48 bits per heavy atom. The third-order valence-electron chi connectivity index (χ3n) is 6.47. The number of quaternary nitrogens is 1. The molecule has 4 aliphatic carbocycles. The van der Waals surface area contributed by atoms with E-state index in [4.69, 9.17) is 0 Å². The predicted octanol–water partition coefficient (Wildman–Crippen LogP) is 2.07. The summed E-state index contributed by atoms with van der Waals surface area (Å²) in [7, 11) is 0. The maximum Gasteiger partial charge on any atom is 0.278 e. The van der Waals surface area contributed by atoms with Crippen LogP contribution in [-0.4, -0.2) is 24.0 Å². The number of hydrogen-bond donors (Lipinski definition) is 2. The molecule has 120 valence electrons. The Kier molecular flexibility index (Phi) is 4.06. The Balaban J connectivity index is 1.62. The first-order chi connectivity index (χ1) is 9.88. The molecular formula is C18H33N2O+. The number of amides is 1. The van der Waals surface area contributed by atoms with E-state index in [1.54, 1.807) is 0 Å². The normalized spacial score (nSPS) is 40.3. The van der Waals surface area contributed by atoms with Crippen molar-refractivity contribution in [1.82, 2.24) is 5.32 Å². The lowest BCUT2D eigenvalue weighted by molar-refractivity contribution is -0.719. The van der Waals surface area contributed by atoms with Gasteiger partial charge in [0.15, 0.2) is 6.04 Å². The van der Waals surface area contributed by atoms with Crippen LogP contribution >= 0.6 is 0 Å². The Hall–Kier alpha value is -0.570. The summed E-state index contributed by atoms with van der Waals surface area (Å²) in [5, 5.41) is 5.40. The van der Waals surface area contributed by atoms with Gasteiger partial charge >= 0.3 is 0 Å². The molecule has 0 heterocycles. The third kappa shape index (κ3) is 2.99. The lowest BCUT2D eigenvalue weighted by Crippen LogP contribution is -2.98. The van der Waals surface area contributed by atoms with Gasteiger partial charge in [0.05, 0.1) is 6.04 Å². The van der Waals surface area contributed by atoms with Crippen LogP contribution in [0, 0.1) is 23.2 Å². The van der Waals surface area contributed by atoms with Gasteiger partial charge in [0.1, 0.15) is 0 Å². The second-order valence-corrected chi connectivity index (χ2v) is 8.71. The van der Waals surface area contributed by atoms with Gasteiger partial charge in [0, 0.05) is 11.5 Å². The summed E-state index contributed by atoms with van der Waals surface area (Å²) < 4.78 is 0. The lowest BCUT2D eigenvalue weighted by atomic mass is 9.48. The van der Waals surface area contributed by atoms with Crippen LogP contribution in [0.25, 0.3) is 0 Å². The Morgan fingerprint density at radius 1 is 1.00 bits per heavy atom. The molecule has 0 aromatic carbocycles. The van der Waals surface area contributed by atoms with Gasteiger partial charge in [-0.1, -0.05) is 0 Å². The van der Waals surface area contributed by atoms with Gasteiger partial charge in [0.2, 0.25) is 0 Å². The van der Waals surface area contributed by atoms with Crippen LogP contribution in [0.4, 0.5) is 0 Å². The van der Waals surface area contributed by atoms with Crippen LogP contribution in [0.2, 0.25) is 0 Å². The fraction of sp³-hybridized carbons (Fsp3) is 0.944. The van der Waals surface area contributed by atoms with E-state index < -0.39 is 0 Å². The van der Waals surface area contributed by atoms with Crippen molar-refractivity contribution in [2.45, 2.75) is 84.3 Å². The van der Waals surface area contributed by atoms with Crippen molar-refractivity contribution in [2.75, 3.05) is 0 Å². The quantitative estimate of drug-likeness (QED) is 0.801. The molecule has 0 saturated heterocycles. The van der Waals surface area contributed by atoms with Gasteiger partial charge < -0.3 is 10.6 Å². The first-order valence-electron chi connectivity index (χ1n) is 9.03. The van der Waals surface area contributed by atoms with Gasteiger partial charge in [0.25, 0.3) is 5.91 Å². The van der Waals surface area contributed by atoms with Crippen LogP contribution in [0.5, 0.6) is 0 Å². The highest BCUT2D eigenvalue weighted by Gasteiger charge is 2.54. The molecule has 0 radical (unpaired) electrons. The molecule has 1 amide bonds. The minimum absolute atomic E-state index is 0.0374. The zero-order chi connectivity index (χ0) is 15.2. The van der Waals surface area contributed by atoms with Crippen molar-refractivity contribution < 1.29 is 10.1 Å². The number of hydrogen-bond acceptors (Lipinski definition) is 1. The molecular weight excluding hydrogens is 260 g/mol. The minimum atomic E-state index is 0.0374. The molecule has 4 rings (SSSR count). The van der Waals surface area contributed by atoms with Gasteiger partial charge in [-0.3, -0.25) is 4.79 Å². The van der Waals surface area contributed by atoms with Crippen LogP contribution in [0.1, 0.15) is 66.2 Å². The summed E-state index contributed by atoms with van der Waals surface area (Å²) in [4.78, 5) is 12.2. The van der Waals surface area contributed by atoms with E-state index in [2.05, 4.69) is 24.5 Å². The molecule has 21 heavy (non-hydrogen) atoms. The molecule has 4 bridgehead atoms. The van der Waals surface area contributed by atoms with E-state index in [1.807, 2.05) is 13.8 Å². The molecule has 0 spiro atoms. The number of carbonyl (C=O) groups is 1. The lowest BCUT2D eigenvalue weighted by Gasteiger charge is -2.58. The van der Waals surface area contributed by atoms with E-state index in [-0.39, 0.29) is 18.0 Å². The molecule has 0 aromatic rings. The summed E-state index contributed by atoms with van der Waals surface area (Å²) in [5.41, 5.74) is 0.529. The molecule has 3 nitrogen and oxygen atoms in total. The topological polar surface area (TPSA) is 45.7 Å². The van der Waals surface area contributed by atoms with Crippen molar-refractivity contribution in [1.29, 1.82) is 0 Å². The van der Waals surface area contributed by atoms with E-state index in [0.29, 0.717) is 11.5 Å². The fourth-order valence-electron chi connectivity index (χ4n) is 5.88. The number of carbonyl (C=O) groups excluding carboxylic acids is 1. The Morgan fingerprint density at radius 3 is 1.90 bits per heavy atom. The Labute approximate surface area is 129 Å². The molecule has 0 aliphatic heterocycles. The van der Waals surface area contributed by atoms with Crippen LogP contribution in [-0.2, 0) is 4.79 Å². The average molecular weight is 293 g/mol. The Bertz CT molecular complexity index is 369. The maximum absolute atomic E-state index is 12.2. The summed E-state index contributed by atoms with van der Waals surface area (Å²) in [6.07, 6.45) is 8.76. The first-order valence-corrected chi connectivity index (χ1v) is 9.03. The molecule has 4 fully saturated rings. The average Bonchev–Trinajstić information content (AvgIpc) is 2.35. The second-order valence-electron chi connectivity index (χ2n) is 8.71. The highest BCUT2D eigenvalue weighted by molar-refractivity contribution is 5.80. The van der Waals surface area contributed by atoms with Crippen LogP contribution in [0.3, 0.4) is 0 Å². The molecule has 3 N–H and O–H groups in total. The van der Waals surface area contributed by atoms with Gasteiger partial charge in [-0.15, -0.1) is 0 Å². The van der Waals surface area contributed by atoms with E-state index in [9.17, 15) is 4.79 Å². The van der Waals surface area contributed by atoms with Crippen molar-refractivity contribution >= 4 is 5.91 Å². The van der Waals surface area contributed by atoms with Crippen molar-refractivity contribution in [3.63, 3.8) is 0 Å². The maximum atomic E-state index is 12.2. The monoisotopic (exact) mass is 293 g/mol. The minimum Gasteiger partial charge on any atom is -0.349 e. The zero-order valence-corrected chi connectivity index (χ0v) is 14.2. The highest BCUT2D eigenvalue weighted by Crippen LogP contribution is 2.60. The number of rotatable bonds is 5. The largest absolute Gasteiger partial charge is 0.349 e. The van der Waals surface area contributed by atoms with Gasteiger partial charge in [-0.25, -0.2) is 0 Å². The first kappa shape index (κ1) is 15.3. The summed E-state index contributed by atoms with van der Waals surface area (Å²) in [6.45, 7) is 8.52. The van der Waals surface area contributed by atoms with Crippen molar-refractivity contribution in [2.24, 2.45) is 23.2 Å². The van der Waals surface area contributed by atoms with Crippen LogP contribution < -0.4 is 10.6 Å². The molecule has 3 heteroatoms. The standard InChI is InChI=1S/C18H32N2O/c1-11(2)19-17(21)12(3)20-13(4)18-8-14-5-15(9-18)7-16(6-14)10-18/h11-16,20H,5-10H2,1-4H3,(H,19,21)/p+1/t12-,13+,14?,15?,16?,18?/m1/s1. The van der Waals surface area contributed by atoms with Gasteiger partial charge in [-0.2, -0.15) is 0 Å². The van der Waals surface area contributed by atoms with Crippen molar-refractivity contribution in [3.05, 3.63) is 0 Å². The fourth-order valence-corrected chi connectivity index (χ4v) is 5.88. The number of nitrogens with two attached hydrogens (primary N) is 1. The highest BCUT2D eigenvalue weighted by atomic mass is 16.2. The third-order valence-corrected chi connectivity index (χ3v) is 6.47. The summed E-state index contributed by atoms with van der Waals surface area (Å²) in [6, 6.07) is 0.859. The van der Waals surface area contributed by atoms with Crippen molar-refractivity contribution in [3.8, 4) is 0 Å². The van der Waals surface area contributed by atoms with Crippen LogP contribution in [0.15, 0.2) is 0 Å². The summed E-state index contributed by atoms with van der Waals surface area (Å²) in [5.74, 6) is 3.17. The summed E-state index contributed by atoms with van der Waals surface area (Å²) >= 11 is 0. The van der Waals surface area contributed by atoms with E-state index in [0.717, 1.165) is 17.8 Å². The SMILES string of the molecule is CC(C)NC(=O)[C@@H](C)[NH2+][C@@H](C)C12CC3CC(CC(C3)C1)C2. The molecule has 0 aromatic heterocycles. The smallest absolute Gasteiger partial charge is 0.278 e. The molecule has 4 saturated carbocycles. The van der Waals surface area contributed by atoms with Gasteiger partial charge in [-0.05, 0) is 84.0 Å². The second kappa shape index (κ2) is 5.57. The number of nitrogens with one attached hydrogen (secondary N) is 1. The predicted molar refractivity (Wildman–Crippen MR) is 84.7 cm³/mol. The molecule has 2 atom stereocenters. The zero-order valence-electron chi connectivity index (χ0n) is 14.2. The molecule has 0 unspecified atom stereocenters. The van der Waals surface area contributed by atoms with E-state index >= 15 is 0 Å².